The number of urea groups is 1. The zero-order valence-corrected chi connectivity index (χ0v) is 15.8. The van der Waals surface area contributed by atoms with Gasteiger partial charge in [0.05, 0.1) is 0 Å². The molecule has 0 fully saturated rings. The van der Waals surface area contributed by atoms with Crippen molar-refractivity contribution in [1.82, 2.24) is 15.5 Å². The second-order valence-corrected chi connectivity index (χ2v) is 7.41. The molecule has 1 aromatic carbocycles. The lowest BCUT2D eigenvalue weighted by atomic mass is 9.99. The highest BCUT2D eigenvalue weighted by molar-refractivity contribution is 7.98. The van der Waals surface area contributed by atoms with E-state index in [-0.39, 0.29) is 11.9 Å². The first-order valence-electron chi connectivity index (χ1n) is 8.64. The normalized spacial score (nSPS) is 16.6. The molecule has 1 aliphatic rings. The number of nitrogens with two attached hydrogens (primary N) is 1. The van der Waals surface area contributed by atoms with Gasteiger partial charge in [-0.3, -0.25) is 9.69 Å². The number of rotatable bonds is 8. The zero-order valence-electron chi connectivity index (χ0n) is 15.0. The number of benzene rings is 1. The number of carbonyl (C=O) groups is 2. The summed E-state index contributed by atoms with van der Waals surface area (Å²) in [4.78, 5) is 25.8. The Morgan fingerprint density at radius 1 is 1.32 bits per heavy atom. The van der Waals surface area contributed by atoms with Crippen LogP contribution in [0.5, 0.6) is 0 Å². The van der Waals surface area contributed by atoms with Crippen LogP contribution in [-0.4, -0.2) is 54.0 Å². The molecule has 0 aromatic heterocycles. The number of hydrogen-bond acceptors (Lipinski definition) is 4. The predicted molar refractivity (Wildman–Crippen MR) is 103 cm³/mol. The average molecular weight is 365 g/mol. The van der Waals surface area contributed by atoms with Crippen LogP contribution < -0.4 is 16.4 Å². The van der Waals surface area contributed by atoms with Crippen LogP contribution >= 0.6 is 11.8 Å². The van der Waals surface area contributed by atoms with Gasteiger partial charge in [0.2, 0.25) is 5.91 Å². The van der Waals surface area contributed by atoms with Crippen molar-refractivity contribution in [2.45, 2.75) is 38.4 Å². The predicted octanol–water partition coefficient (Wildman–Crippen LogP) is 1.34. The minimum absolute atomic E-state index is 0.169. The third kappa shape index (κ3) is 5.93. The quantitative estimate of drug-likeness (QED) is 0.650. The molecule has 2 atom stereocenters. The highest BCUT2D eigenvalue weighted by Crippen LogP contribution is 2.19. The van der Waals surface area contributed by atoms with Crippen molar-refractivity contribution in [3.05, 3.63) is 35.4 Å². The first kappa shape index (κ1) is 19.6. The van der Waals surface area contributed by atoms with Crippen molar-refractivity contribution in [2.24, 2.45) is 5.73 Å². The van der Waals surface area contributed by atoms with Crippen LogP contribution in [0.1, 0.15) is 24.5 Å². The Bertz CT molecular complexity index is 596. The molecular weight excluding hydrogens is 336 g/mol. The van der Waals surface area contributed by atoms with Crippen molar-refractivity contribution >= 4 is 23.7 Å². The fourth-order valence-electron chi connectivity index (χ4n) is 3.07. The van der Waals surface area contributed by atoms with Gasteiger partial charge in [-0.2, -0.15) is 11.8 Å². The molecule has 3 amide bonds. The van der Waals surface area contributed by atoms with Crippen molar-refractivity contribution in [3.63, 3.8) is 0 Å². The molecule has 4 N–H and O–H groups in total. The first-order valence-corrected chi connectivity index (χ1v) is 10.0. The second kappa shape index (κ2) is 9.68. The van der Waals surface area contributed by atoms with Crippen molar-refractivity contribution in [3.8, 4) is 0 Å². The van der Waals surface area contributed by atoms with Gasteiger partial charge in [0, 0.05) is 25.7 Å². The molecule has 7 heteroatoms. The largest absolute Gasteiger partial charge is 0.353 e. The highest BCUT2D eigenvalue weighted by atomic mass is 32.2. The fraction of sp³-hybridized carbons (Fsp3) is 0.556. The van der Waals surface area contributed by atoms with Gasteiger partial charge in [-0.1, -0.05) is 24.3 Å². The van der Waals surface area contributed by atoms with Crippen LogP contribution in [-0.2, 0) is 17.8 Å². The molecule has 138 valence electrons. The van der Waals surface area contributed by atoms with Crippen LogP contribution in [0.2, 0.25) is 0 Å². The monoisotopic (exact) mass is 364 g/mol. The van der Waals surface area contributed by atoms with Crippen LogP contribution in [0.4, 0.5) is 4.79 Å². The molecule has 2 rings (SSSR count). The number of nitrogens with zero attached hydrogens (tertiary/aromatic N) is 1. The molecule has 0 saturated carbocycles. The molecule has 25 heavy (non-hydrogen) atoms. The molecule has 1 aliphatic heterocycles. The van der Waals surface area contributed by atoms with Crippen molar-refractivity contribution in [1.29, 1.82) is 0 Å². The maximum atomic E-state index is 12.4. The van der Waals surface area contributed by atoms with Gasteiger partial charge in [-0.05, 0) is 42.9 Å². The Hall–Kier alpha value is -1.73. The summed E-state index contributed by atoms with van der Waals surface area (Å²) in [6.07, 6.45) is 3.57. The van der Waals surface area contributed by atoms with E-state index in [0.717, 1.165) is 25.3 Å². The molecular formula is C18H28N4O2S. The highest BCUT2D eigenvalue weighted by Gasteiger charge is 2.23. The second-order valence-electron chi connectivity index (χ2n) is 6.43. The molecule has 0 aliphatic carbocycles. The summed E-state index contributed by atoms with van der Waals surface area (Å²) in [6.45, 7) is 4.57. The van der Waals surface area contributed by atoms with E-state index in [2.05, 4.69) is 46.7 Å². The Kier molecular flexibility index (Phi) is 7.58. The van der Waals surface area contributed by atoms with E-state index >= 15 is 0 Å². The summed E-state index contributed by atoms with van der Waals surface area (Å²) in [7, 11) is 0. The summed E-state index contributed by atoms with van der Waals surface area (Å²) in [5.74, 6) is 0.619. The number of amides is 3. The van der Waals surface area contributed by atoms with Gasteiger partial charge in [-0.15, -0.1) is 0 Å². The zero-order chi connectivity index (χ0) is 18.2. The van der Waals surface area contributed by atoms with Crippen LogP contribution in [0.3, 0.4) is 0 Å². The smallest absolute Gasteiger partial charge is 0.312 e. The average Bonchev–Trinajstić information content (AvgIpc) is 2.62. The molecule has 0 spiro atoms. The number of hydrogen-bond donors (Lipinski definition) is 3. The molecule has 1 heterocycles. The molecule has 1 aromatic rings. The summed E-state index contributed by atoms with van der Waals surface area (Å²) < 4.78 is 0. The van der Waals surface area contributed by atoms with E-state index in [4.69, 9.17) is 5.73 Å². The van der Waals surface area contributed by atoms with Gasteiger partial charge < -0.3 is 16.4 Å². The summed E-state index contributed by atoms with van der Waals surface area (Å²) in [6, 6.07) is 7.50. The number of nitrogens with one attached hydrogen (secondary N) is 2. The van der Waals surface area contributed by atoms with Gasteiger partial charge in [0.1, 0.15) is 6.04 Å². The number of fused-ring (bicyclic) bond motifs is 1. The third-order valence-corrected chi connectivity index (χ3v) is 5.24. The number of thioether (sulfide) groups is 1. The lowest BCUT2D eigenvalue weighted by Crippen LogP contribution is -2.51. The Balaban J connectivity index is 1.84. The van der Waals surface area contributed by atoms with E-state index in [1.165, 1.54) is 11.1 Å². The Morgan fingerprint density at radius 2 is 2.04 bits per heavy atom. The molecule has 0 saturated heterocycles. The number of primary amides is 1. The fourth-order valence-corrected chi connectivity index (χ4v) is 3.54. The molecule has 0 radical (unpaired) electrons. The van der Waals surface area contributed by atoms with Gasteiger partial charge in [-0.25, -0.2) is 4.79 Å². The van der Waals surface area contributed by atoms with E-state index in [9.17, 15) is 9.59 Å². The Labute approximate surface area is 153 Å². The van der Waals surface area contributed by atoms with Crippen molar-refractivity contribution < 1.29 is 9.59 Å². The van der Waals surface area contributed by atoms with Gasteiger partial charge in [0.15, 0.2) is 0 Å². The molecule has 2 unspecified atom stereocenters. The van der Waals surface area contributed by atoms with E-state index in [1.54, 1.807) is 11.8 Å². The van der Waals surface area contributed by atoms with Crippen LogP contribution in [0, 0.1) is 0 Å². The maximum absolute atomic E-state index is 12.4. The van der Waals surface area contributed by atoms with Crippen LogP contribution in [0.15, 0.2) is 24.3 Å². The molecule has 6 nitrogen and oxygen atoms in total. The standard InChI is InChI=1S/C18H28N4O2S/c1-13(22-9-7-14-5-3-4-6-15(14)12-22)11-20-17(23)16(8-10-25-2)21-18(19)24/h3-6,13,16H,7-12H2,1-2H3,(H,20,23)(H3,19,21,24). The lowest BCUT2D eigenvalue weighted by molar-refractivity contribution is -0.123. The van der Waals surface area contributed by atoms with Crippen molar-refractivity contribution in [2.75, 3.05) is 25.1 Å². The van der Waals surface area contributed by atoms with Gasteiger partial charge in [0.25, 0.3) is 0 Å². The SMILES string of the molecule is CSCCC(NC(N)=O)C(=O)NCC(C)N1CCc2ccccc2C1. The maximum Gasteiger partial charge on any atom is 0.312 e. The summed E-state index contributed by atoms with van der Waals surface area (Å²) in [5, 5.41) is 5.49. The van der Waals surface area contributed by atoms with E-state index in [0.29, 0.717) is 13.0 Å². The Morgan fingerprint density at radius 3 is 2.72 bits per heavy atom. The topological polar surface area (TPSA) is 87.5 Å². The third-order valence-electron chi connectivity index (χ3n) is 4.60. The molecule has 0 bridgehead atoms. The summed E-state index contributed by atoms with van der Waals surface area (Å²) in [5.41, 5.74) is 7.95. The summed E-state index contributed by atoms with van der Waals surface area (Å²) >= 11 is 1.63. The first-order chi connectivity index (χ1) is 12.0. The number of carbonyl (C=O) groups excluding carboxylic acids is 2. The lowest BCUT2D eigenvalue weighted by Gasteiger charge is -2.34. The van der Waals surface area contributed by atoms with E-state index < -0.39 is 12.1 Å². The minimum Gasteiger partial charge on any atom is -0.353 e. The minimum atomic E-state index is -0.665. The van der Waals surface area contributed by atoms with Crippen LogP contribution in [0.25, 0.3) is 0 Å². The van der Waals surface area contributed by atoms with E-state index in [1.807, 2.05) is 6.26 Å². The van der Waals surface area contributed by atoms with Gasteiger partial charge >= 0.3 is 6.03 Å².